The standard InChI is InChI=1S/C25H20F6N4.C25H26N4.3C23H22N4.5Pt/c1-23(2,19-9-5-7-15(32-19)17-11-13-21(34(17)3)24(26,27)28)20-10-6-8-16(33-20)18-12-14-22(35(18)4)25(29,30)31;1-17-13-19(15-28(17)5)21-9-7-11-23(26-21)25(3,4)24-12-8-10-22(27-24)20-14-18(2)29(6)16-20;1-23(2,21-13-5-9-17(24-21)19-11-7-15-26(19)3)22-14-6-10-18(25-22)20-12-8-16-27(20)4;2*1-23(2,21-9-5-7-19(24-21)17-11-13-26(3)15-17)22-10-6-8-20(25-22)18-12-14-27(4)16-18;;;;;/h5-10,13-14H,1-4H3;7-14H,1-6H3;2*5-10,13-16H,1-4H3;5-14H,1-4H3;;;;;/q5*-2;5*+2. The molecule has 20 aromatic rings. The van der Waals surface area contributed by atoms with Crippen LogP contribution in [0.3, 0.4) is 0 Å². The molecule has 0 spiro atoms. The Morgan fingerprint density at radius 1 is 0.247 bits per heavy atom. The van der Waals surface area contributed by atoms with Crippen molar-refractivity contribution >= 4 is 0 Å². The molecule has 20 rings (SSSR count). The first-order chi connectivity index (χ1) is 68.8. The number of nitrogens with zero attached hydrogens (tertiary/aromatic N) is 20. The monoisotopic (exact) mass is 2910 g/mol. The topological polar surface area (TPSA) is 178 Å². The van der Waals surface area contributed by atoms with Crippen LogP contribution in [-0.2, 0) is 215 Å². The first-order valence-electron chi connectivity index (χ1n) is 47.2. The summed E-state index contributed by atoms with van der Waals surface area (Å²) < 4.78 is 97.1. The van der Waals surface area contributed by atoms with Crippen LogP contribution < -0.4 is 0 Å². The van der Waals surface area contributed by atoms with Gasteiger partial charge in [-0.2, -0.15) is 110 Å². The predicted octanol–water partition coefficient (Wildman–Crippen LogP) is 24.7. The van der Waals surface area contributed by atoms with Crippen LogP contribution in [0.15, 0.2) is 280 Å². The normalized spacial score (nSPS) is 11.6. The first kappa shape index (κ1) is 118. The van der Waals surface area contributed by atoms with E-state index in [0.29, 0.717) is 22.8 Å². The largest absolute Gasteiger partial charge is 2.00 e. The van der Waals surface area contributed by atoms with Crippen molar-refractivity contribution in [1.82, 2.24) is 95.5 Å². The number of aryl methyl sites for hydroxylation is 10. The van der Waals surface area contributed by atoms with Crippen molar-refractivity contribution in [1.29, 1.82) is 0 Å². The second kappa shape index (κ2) is 48.3. The van der Waals surface area contributed by atoms with E-state index < -0.39 is 29.2 Å². The summed E-state index contributed by atoms with van der Waals surface area (Å²) in [6, 6.07) is 91.3. The molecule has 20 aromatic heterocycles. The van der Waals surface area contributed by atoms with Gasteiger partial charge in [0.1, 0.15) is 0 Å². The molecule has 0 amide bonds. The molecule has 0 bridgehead atoms. The van der Waals surface area contributed by atoms with Crippen molar-refractivity contribution in [2.45, 2.75) is 123 Å². The van der Waals surface area contributed by atoms with Crippen molar-refractivity contribution in [3.8, 4) is 113 Å². The summed E-state index contributed by atoms with van der Waals surface area (Å²) in [4.78, 5) is 48.6. The average Bonchev–Trinajstić information content (AvgIpc) is 1.54. The van der Waals surface area contributed by atoms with Gasteiger partial charge in [0.05, 0.1) is 0 Å². The Labute approximate surface area is 945 Å². The van der Waals surface area contributed by atoms with Crippen molar-refractivity contribution < 1.29 is 132 Å². The molecule has 20 nitrogen and oxygen atoms in total. The van der Waals surface area contributed by atoms with Gasteiger partial charge < -0.3 is 95.5 Å². The first-order valence-corrected chi connectivity index (χ1v) is 47.2. The zero-order valence-corrected chi connectivity index (χ0v) is 98.2. The fourth-order valence-corrected chi connectivity index (χ4v) is 17.0. The van der Waals surface area contributed by atoms with E-state index in [0.717, 1.165) is 169 Å². The van der Waals surface area contributed by atoms with E-state index in [2.05, 4.69) is 250 Å². The minimum Gasteiger partial charge on any atom is -0.442 e. The smallest absolute Gasteiger partial charge is 0.442 e. The zero-order chi connectivity index (χ0) is 104. The van der Waals surface area contributed by atoms with Crippen LogP contribution in [-0.4, -0.2) is 95.5 Å². The maximum Gasteiger partial charge on any atom is 2.00 e. The van der Waals surface area contributed by atoms with Crippen LogP contribution in [0.2, 0.25) is 0 Å². The van der Waals surface area contributed by atoms with Crippen LogP contribution in [0, 0.1) is 75.0 Å². The summed E-state index contributed by atoms with van der Waals surface area (Å²) >= 11 is 0. The molecule has 0 radical (unpaired) electrons. The molecular formula is C119H112F6N20Pt5. The molecule has 0 aromatic carbocycles. The molecule has 150 heavy (non-hydrogen) atoms. The van der Waals surface area contributed by atoms with Gasteiger partial charge in [-0.05, 0) is 257 Å². The minimum absolute atomic E-state index is 0. The molecule has 0 fully saturated rings. The van der Waals surface area contributed by atoms with E-state index in [1.807, 2.05) is 229 Å². The Bertz CT molecular complexity index is 7330. The molecule has 0 aliphatic rings. The van der Waals surface area contributed by atoms with Gasteiger partial charge in [0.15, 0.2) is 0 Å². The molecule has 31 heteroatoms. The third kappa shape index (κ3) is 26.2. The van der Waals surface area contributed by atoms with Gasteiger partial charge in [-0.1, -0.05) is 231 Å². The summed E-state index contributed by atoms with van der Waals surface area (Å²) in [6.07, 6.45) is 20.0. The number of rotatable bonds is 20. The summed E-state index contributed by atoms with van der Waals surface area (Å²) in [5.74, 6) is 0. The molecule has 0 aliphatic heterocycles. The number of halogens is 6. The van der Waals surface area contributed by atoms with Gasteiger partial charge in [0, 0.05) is 95.4 Å². The van der Waals surface area contributed by atoms with Crippen LogP contribution >= 0.6 is 0 Å². The number of hydrogen-bond acceptors (Lipinski definition) is 10. The van der Waals surface area contributed by atoms with Gasteiger partial charge in [-0.3, -0.25) is 0 Å². The minimum atomic E-state index is -4.52. The van der Waals surface area contributed by atoms with Gasteiger partial charge in [-0.15, -0.1) is 46.8 Å². The number of hydrogen-bond donors (Lipinski definition) is 0. The Morgan fingerprint density at radius 2 is 0.473 bits per heavy atom. The van der Waals surface area contributed by atoms with Crippen molar-refractivity contribution in [2.24, 2.45) is 70.5 Å². The van der Waals surface area contributed by atoms with E-state index in [1.54, 1.807) is 36.4 Å². The van der Waals surface area contributed by atoms with Crippen molar-refractivity contribution in [2.75, 3.05) is 0 Å². The van der Waals surface area contributed by atoms with E-state index in [4.69, 9.17) is 39.9 Å². The van der Waals surface area contributed by atoms with Gasteiger partial charge in [0.25, 0.3) is 0 Å². The summed E-state index contributed by atoms with van der Waals surface area (Å²) in [5.41, 5.74) is 23.8. The fourth-order valence-electron chi connectivity index (χ4n) is 17.0. The maximum absolute atomic E-state index is 13.2. The Kier molecular flexibility index (Phi) is 37.9. The summed E-state index contributed by atoms with van der Waals surface area (Å²) in [5, 5.41) is 0. The van der Waals surface area contributed by atoms with Crippen LogP contribution in [0.1, 0.15) is 149 Å². The quantitative estimate of drug-likeness (QED) is 0.0527. The molecule has 0 N–H and O–H groups in total. The second-order valence-electron chi connectivity index (χ2n) is 38.8. The third-order valence-electron chi connectivity index (χ3n) is 26.3. The van der Waals surface area contributed by atoms with Gasteiger partial charge >= 0.3 is 118 Å². The average molecular weight is 2910 g/mol. The summed E-state index contributed by atoms with van der Waals surface area (Å²) in [6.45, 7) is 25.1. The molecule has 0 unspecified atom stereocenters. The number of pyridine rings is 10. The molecule has 780 valence electrons. The molecule has 0 aliphatic carbocycles. The molecular weight excluding hydrogens is 2800 g/mol. The van der Waals surface area contributed by atoms with Crippen LogP contribution in [0.5, 0.6) is 0 Å². The van der Waals surface area contributed by atoms with Gasteiger partial charge in [-0.25, -0.2) is 0 Å². The fraction of sp³-hybridized carbons (Fsp3) is 0.244. The SMILES string of the molecule is Cc1cc(-c2cccc(C(C)(C)c3cccc(-c4[c-]n(C)c(C)c4)n3)n2)[c-]n1C.Cn1[c-]c(-c2cccc(C(C)(C)c3cccc(-c4[c-]n(C)cc4)n3)n2)cc1.Cn1c(-c2cccc(C(C)(C)c3cccc(-c4[c-]cc(C(F)(F)F)n4C)n3)n2)[c-]cc1C(F)(F)F.Cn1c[c-]c(-c2cccc(C(C)(C)c3cccc(-c4[c-]cn(C)c4)n3)n2)c1.Cn1cc[c-]c1-c1cccc(C(C)(C)c2cccc(-c3[c-]ccn3C)n2)n1.[Pt+2].[Pt+2].[Pt+2].[Pt+2].[Pt+2]. The van der Waals surface area contributed by atoms with Crippen molar-refractivity contribution in [3.63, 3.8) is 0 Å². The molecule has 0 atom stereocenters. The van der Waals surface area contributed by atoms with E-state index >= 15 is 0 Å². The number of aromatic nitrogens is 20. The van der Waals surface area contributed by atoms with Gasteiger partial charge in [0.2, 0.25) is 0 Å². The van der Waals surface area contributed by atoms with E-state index in [-0.39, 0.29) is 138 Å². The van der Waals surface area contributed by atoms with E-state index in [1.165, 1.54) is 14.1 Å². The predicted molar refractivity (Wildman–Crippen MR) is 555 cm³/mol. The zero-order valence-electron chi connectivity index (χ0n) is 86.9. The Hall–Kier alpha value is -12.7. The van der Waals surface area contributed by atoms with Crippen molar-refractivity contribution in [3.05, 3.63) is 421 Å². The van der Waals surface area contributed by atoms with Crippen LogP contribution in [0.25, 0.3) is 113 Å². The number of alkyl halides is 6. The second-order valence-corrected chi connectivity index (χ2v) is 38.8. The molecule has 20 heterocycles. The molecule has 0 saturated heterocycles. The Balaban J connectivity index is 0.000000177. The van der Waals surface area contributed by atoms with Crippen LogP contribution in [0.4, 0.5) is 26.3 Å². The Morgan fingerprint density at radius 3 is 0.667 bits per heavy atom. The summed E-state index contributed by atoms with van der Waals surface area (Å²) in [7, 11) is 18.5. The maximum atomic E-state index is 13.2. The third-order valence-corrected chi connectivity index (χ3v) is 26.3. The van der Waals surface area contributed by atoms with E-state index in [9.17, 15) is 26.3 Å². The molecule has 0 saturated carbocycles.